The topological polar surface area (TPSA) is 96.0 Å². The maximum Gasteiger partial charge on any atom is 0.264 e. The van der Waals surface area contributed by atoms with E-state index in [1.165, 1.54) is 43.3 Å². The normalized spacial score (nSPS) is 11.9. The van der Waals surface area contributed by atoms with E-state index in [0.29, 0.717) is 21.4 Å². The smallest absolute Gasteiger partial charge is 0.264 e. The minimum atomic E-state index is -4.18. The lowest BCUT2D eigenvalue weighted by atomic mass is 10.1. The second-order valence-electron chi connectivity index (χ2n) is 8.57. The highest BCUT2D eigenvalue weighted by molar-refractivity contribution is 7.92. The van der Waals surface area contributed by atoms with Gasteiger partial charge in [0.05, 0.1) is 17.7 Å². The number of amides is 2. The van der Waals surface area contributed by atoms with Gasteiger partial charge in [0, 0.05) is 29.7 Å². The number of halogens is 2. The summed E-state index contributed by atoms with van der Waals surface area (Å²) in [6.45, 7) is 2.79. The summed E-state index contributed by atoms with van der Waals surface area (Å²) in [6.07, 6.45) is 0. The molecule has 1 atom stereocenters. The molecule has 0 saturated heterocycles. The Kier molecular flexibility index (Phi) is 9.65. The molecule has 0 saturated carbocycles. The molecule has 0 bridgehead atoms. The molecule has 2 amide bonds. The van der Waals surface area contributed by atoms with Crippen LogP contribution in [-0.4, -0.2) is 51.9 Å². The Morgan fingerprint density at radius 1 is 1.03 bits per heavy atom. The number of anilines is 1. The van der Waals surface area contributed by atoms with Gasteiger partial charge in [-0.1, -0.05) is 53.0 Å². The third-order valence-corrected chi connectivity index (χ3v) is 8.37. The zero-order chi connectivity index (χ0) is 28.0. The third-order valence-electron chi connectivity index (χ3n) is 6.00. The summed E-state index contributed by atoms with van der Waals surface area (Å²) in [5.41, 5.74) is 1.67. The van der Waals surface area contributed by atoms with E-state index in [1.54, 1.807) is 49.4 Å². The van der Waals surface area contributed by atoms with Crippen LogP contribution in [0, 0.1) is 6.92 Å². The SMILES string of the molecule is CNC(=O)[C@H](C)N(Cc1ccc(Cl)cc1Cl)C(=O)CN(c1cccc(OC)c1)S(=O)(=O)c1ccc(C)cc1. The third kappa shape index (κ3) is 6.78. The maximum atomic E-state index is 13.8. The number of nitrogens with zero attached hydrogens (tertiary/aromatic N) is 2. The zero-order valence-electron chi connectivity index (χ0n) is 21.4. The quantitative estimate of drug-likeness (QED) is 0.378. The summed E-state index contributed by atoms with van der Waals surface area (Å²) in [6, 6.07) is 16.6. The van der Waals surface area contributed by atoms with E-state index in [1.807, 2.05) is 6.92 Å². The molecule has 0 aliphatic carbocycles. The number of nitrogens with one attached hydrogen (secondary N) is 1. The molecule has 3 aromatic rings. The van der Waals surface area contributed by atoms with Crippen molar-refractivity contribution in [3.05, 3.63) is 87.9 Å². The molecule has 0 aromatic heterocycles. The zero-order valence-corrected chi connectivity index (χ0v) is 23.8. The first-order chi connectivity index (χ1) is 18.0. The Morgan fingerprint density at radius 2 is 1.71 bits per heavy atom. The van der Waals surface area contributed by atoms with E-state index >= 15 is 0 Å². The van der Waals surface area contributed by atoms with Crippen LogP contribution in [0.25, 0.3) is 0 Å². The predicted molar refractivity (Wildman–Crippen MR) is 149 cm³/mol. The van der Waals surface area contributed by atoms with E-state index in [2.05, 4.69) is 5.32 Å². The first-order valence-corrected chi connectivity index (χ1v) is 13.9. The summed E-state index contributed by atoms with van der Waals surface area (Å²) in [5, 5.41) is 3.27. The molecule has 0 unspecified atom stereocenters. The molecule has 3 rings (SSSR count). The fourth-order valence-corrected chi connectivity index (χ4v) is 5.63. The summed E-state index contributed by atoms with van der Waals surface area (Å²) in [7, 11) is -1.25. The molecule has 1 N–H and O–H groups in total. The van der Waals surface area contributed by atoms with Crippen molar-refractivity contribution in [1.29, 1.82) is 0 Å². The molecule has 0 heterocycles. The number of methoxy groups -OCH3 is 1. The van der Waals surface area contributed by atoms with E-state index in [-0.39, 0.29) is 17.1 Å². The monoisotopic (exact) mass is 577 g/mol. The highest BCUT2D eigenvalue weighted by Gasteiger charge is 2.32. The average molecular weight is 579 g/mol. The van der Waals surface area contributed by atoms with E-state index in [9.17, 15) is 18.0 Å². The lowest BCUT2D eigenvalue weighted by Crippen LogP contribution is -2.50. The number of carbonyl (C=O) groups is 2. The first-order valence-electron chi connectivity index (χ1n) is 11.7. The Bertz CT molecular complexity index is 1410. The highest BCUT2D eigenvalue weighted by Crippen LogP contribution is 2.28. The summed E-state index contributed by atoms with van der Waals surface area (Å²) < 4.78 is 33.9. The van der Waals surface area contributed by atoms with Crippen molar-refractivity contribution >= 4 is 50.7 Å². The van der Waals surface area contributed by atoms with Crippen molar-refractivity contribution in [3.63, 3.8) is 0 Å². The second-order valence-corrected chi connectivity index (χ2v) is 11.3. The van der Waals surface area contributed by atoms with Crippen molar-refractivity contribution in [1.82, 2.24) is 10.2 Å². The average Bonchev–Trinajstić information content (AvgIpc) is 2.90. The van der Waals surface area contributed by atoms with Crippen LogP contribution in [0.1, 0.15) is 18.1 Å². The van der Waals surface area contributed by atoms with Crippen molar-refractivity contribution < 1.29 is 22.7 Å². The van der Waals surface area contributed by atoms with Crippen molar-refractivity contribution in [2.75, 3.05) is 25.0 Å². The Hall–Kier alpha value is -3.27. The lowest BCUT2D eigenvalue weighted by Gasteiger charge is -2.32. The lowest BCUT2D eigenvalue weighted by molar-refractivity contribution is -0.139. The number of aryl methyl sites for hydroxylation is 1. The van der Waals surface area contributed by atoms with Gasteiger partial charge < -0.3 is 15.0 Å². The van der Waals surface area contributed by atoms with Crippen LogP contribution in [-0.2, 0) is 26.2 Å². The highest BCUT2D eigenvalue weighted by atomic mass is 35.5. The fourth-order valence-electron chi connectivity index (χ4n) is 3.76. The van der Waals surface area contributed by atoms with Crippen LogP contribution >= 0.6 is 23.2 Å². The number of rotatable bonds is 10. The number of sulfonamides is 1. The van der Waals surface area contributed by atoms with Gasteiger partial charge in [0.15, 0.2) is 0 Å². The maximum absolute atomic E-state index is 13.8. The Balaban J connectivity index is 2.07. The van der Waals surface area contributed by atoms with Crippen molar-refractivity contribution in [3.8, 4) is 5.75 Å². The molecule has 202 valence electrons. The van der Waals surface area contributed by atoms with Gasteiger partial charge in [-0.2, -0.15) is 0 Å². The molecule has 0 spiro atoms. The number of hydrogen-bond donors (Lipinski definition) is 1. The van der Waals surface area contributed by atoms with Crippen molar-refractivity contribution in [2.45, 2.75) is 31.3 Å². The predicted octanol–water partition coefficient (Wildman–Crippen LogP) is 4.67. The fraction of sp³-hybridized carbons (Fsp3) is 0.259. The number of carbonyl (C=O) groups excluding carboxylic acids is 2. The van der Waals surface area contributed by atoms with Gasteiger partial charge in [-0.25, -0.2) is 8.42 Å². The van der Waals surface area contributed by atoms with Gasteiger partial charge in [-0.05, 0) is 55.8 Å². The summed E-state index contributed by atoms with van der Waals surface area (Å²) in [4.78, 5) is 27.7. The Labute approximate surface area is 233 Å². The molecular weight excluding hydrogens is 549 g/mol. The van der Waals surface area contributed by atoms with Gasteiger partial charge in [0.25, 0.3) is 10.0 Å². The largest absolute Gasteiger partial charge is 0.497 e. The molecule has 0 aliphatic rings. The van der Waals surface area contributed by atoms with Crippen LogP contribution in [0.5, 0.6) is 5.75 Å². The van der Waals surface area contributed by atoms with Gasteiger partial charge in [0.2, 0.25) is 11.8 Å². The van der Waals surface area contributed by atoms with Gasteiger partial charge in [-0.15, -0.1) is 0 Å². The minimum Gasteiger partial charge on any atom is -0.497 e. The first kappa shape index (κ1) is 29.3. The standard InChI is InChI=1S/C27H29Cl2N3O5S/c1-18-8-12-24(13-9-18)38(35,36)32(22-6-5-7-23(15-22)37-4)17-26(33)31(19(2)27(34)30-3)16-20-10-11-21(28)14-25(20)29/h5-15,19H,16-17H2,1-4H3,(H,30,34)/t19-/m0/s1. The van der Waals surface area contributed by atoms with E-state index in [4.69, 9.17) is 27.9 Å². The van der Waals surface area contributed by atoms with Crippen LogP contribution in [0.4, 0.5) is 5.69 Å². The van der Waals surface area contributed by atoms with Crippen LogP contribution in [0.3, 0.4) is 0 Å². The summed E-state index contributed by atoms with van der Waals surface area (Å²) >= 11 is 12.4. The van der Waals surface area contributed by atoms with Gasteiger partial charge in [0.1, 0.15) is 18.3 Å². The van der Waals surface area contributed by atoms with Crippen LogP contribution in [0.2, 0.25) is 10.0 Å². The number of benzene rings is 3. The van der Waals surface area contributed by atoms with Gasteiger partial charge in [-0.3, -0.25) is 13.9 Å². The molecule has 8 nitrogen and oxygen atoms in total. The van der Waals surface area contributed by atoms with E-state index in [0.717, 1.165) is 9.87 Å². The molecule has 0 aliphatic heterocycles. The second kappa shape index (κ2) is 12.5. The van der Waals surface area contributed by atoms with E-state index < -0.39 is 34.4 Å². The molecule has 38 heavy (non-hydrogen) atoms. The van der Waals surface area contributed by atoms with Crippen LogP contribution in [0.15, 0.2) is 71.6 Å². The molecule has 3 aromatic carbocycles. The molecular formula is C27H29Cl2N3O5S. The number of ether oxygens (including phenoxy) is 1. The number of hydrogen-bond acceptors (Lipinski definition) is 5. The number of likely N-dealkylation sites (N-methyl/N-ethyl adjacent to an activating group) is 1. The molecule has 0 radical (unpaired) electrons. The molecule has 0 fully saturated rings. The van der Waals surface area contributed by atoms with Gasteiger partial charge >= 0.3 is 0 Å². The Morgan fingerprint density at radius 3 is 2.32 bits per heavy atom. The van der Waals surface area contributed by atoms with Crippen molar-refractivity contribution in [2.24, 2.45) is 0 Å². The van der Waals surface area contributed by atoms with Crippen LogP contribution < -0.4 is 14.4 Å². The summed E-state index contributed by atoms with van der Waals surface area (Å²) in [5.74, 6) is -0.606. The minimum absolute atomic E-state index is 0.0189. The molecule has 11 heteroatoms.